The summed E-state index contributed by atoms with van der Waals surface area (Å²) < 4.78 is 20.5. The van der Waals surface area contributed by atoms with Crippen molar-refractivity contribution < 1.29 is 49.4 Å². The Morgan fingerprint density at radius 1 is 0.731 bits per heavy atom. The van der Waals surface area contributed by atoms with Crippen LogP contribution in [0.4, 0.5) is 0 Å². The van der Waals surface area contributed by atoms with Crippen LogP contribution in [-0.4, -0.2) is 12.6 Å². The zero-order valence-corrected chi connectivity index (χ0v) is 20.5. The summed E-state index contributed by atoms with van der Waals surface area (Å²) in [5.41, 5.74) is 0. The summed E-state index contributed by atoms with van der Waals surface area (Å²) in [4.78, 5) is 10.6. The van der Waals surface area contributed by atoms with Crippen LogP contribution in [0.2, 0.25) is 0 Å². The predicted octanol–water partition coefficient (Wildman–Crippen LogP) is 4.60. The molecule has 1 unspecified atom stereocenters. The molecule has 0 saturated heterocycles. The van der Waals surface area contributed by atoms with Gasteiger partial charge in [0.05, 0.1) is 0 Å². The Bertz CT molecular complexity index is 333. The van der Waals surface area contributed by atoms with Gasteiger partial charge < -0.3 is 1.43 Å². The minimum absolute atomic E-state index is 0. The Kier molecular flexibility index (Phi) is 26.1. The van der Waals surface area contributed by atoms with Crippen molar-refractivity contribution in [1.29, 1.82) is 0 Å². The topological polar surface area (TPSA) is 52.6 Å². The maximum atomic E-state index is 11.1. The quantitative estimate of drug-likeness (QED) is 0.181. The van der Waals surface area contributed by atoms with Gasteiger partial charge in [0.1, 0.15) is 6.61 Å². The van der Waals surface area contributed by atoms with E-state index in [2.05, 4.69) is 11.4 Å². The van der Waals surface area contributed by atoms with Gasteiger partial charge in [-0.25, -0.2) is 4.79 Å². The van der Waals surface area contributed by atoms with Crippen LogP contribution in [0.3, 0.4) is 0 Å². The van der Waals surface area contributed by atoms with E-state index < -0.39 is 14.2 Å². The van der Waals surface area contributed by atoms with E-state index in [1.165, 1.54) is 96.8 Å². The Morgan fingerprint density at radius 3 is 1.42 bits per heavy atom. The van der Waals surface area contributed by atoms with E-state index in [0.29, 0.717) is 6.61 Å². The van der Waals surface area contributed by atoms with Crippen molar-refractivity contribution in [2.75, 3.05) is 6.61 Å². The van der Waals surface area contributed by atoms with Gasteiger partial charge in [-0.3, -0.25) is 0 Å². The Labute approximate surface area is 186 Å². The second kappa shape index (κ2) is 23.6. The molecule has 0 aromatic heterocycles. The number of rotatable bonds is 19. The largest absolute Gasteiger partial charge is 1.00 e. The van der Waals surface area contributed by atoms with Crippen molar-refractivity contribution in [2.24, 2.45) is 0 Å². The van der Waals surface area contributed by atoms with Crippen LogP contribution in [0.1, 0.15) is 118 Å². The molecule has 0 aromatic carbocycles. The first-order valence-electron chi connectivity index (χ1n) is 10.5. The maximum Gasteiger partial charge on any atom is 1.00 e. The van der Waals surface area contributed by atoms with Gasteiger partial charge in [-0.1, -0.05) is 103 Å². The average Bonchev–Trinajstić information content (AvgIpc) is 2.57. The molecule has 0 heterocycles. The molecule has 26 heavy (non-hydrogen) atoms. The summed E-state index contributed by atoms with van der Waals surface area (Å²) >= 11 is 0. The van der Waals surface area contributed by atoms with Crippen molar-refractivity contribution >= 4 is 14.2 Å². The van der Waals surface area contributed by atoms with Crippen molar-refractivity contribution in [3.8, 4) is 0 Å². The van der Waals surface area contributed by atoms with E-state index in [1.807, 2.05) is 0 Å². The van der Waals surface area contributed by atoms with Gasteiger partial charge >= 0.3 is 43.8 Å². The third-order valence-electron chi connectivity index (χ3n) is 4.40. The summed E-state index contributed by atoms with van der Waals surface area (Å²) in [5, 5.41) is 0. The molecule has 0 saturated carbocycles. The molecule has 0 amide bonds. The minimum atomic E-state index is -2.26. The van der Waals surface area contributed by atoms with Crippen LogP contribution >= 0.6 is 8.25 Å². The fourth-order valence-electron chi connectivity index (χ4n) is 2.92. The zero-order valence-electron chi connectivity index (χ0n) is 18.6. The third-order valence-corrected chi connectivity index (χ3v) is 5.20. The normalized spacial score (nSPS) is 11.1. The third kappa shape index (κ3) is 24.5. The monoisotopic (exact) mass is 399 g/mol. The molecule has 0 aromatic rings. The molecule has 0 radical (unpaired) electrons. The minimum Gasteiger partial charge on any atom is -1.00 e. The molecule has 0 aliphatic heterocycles. The second-order valence-electron chi connectivity index (χ2n) is 6.94. The van der Waals surface area contributed by atoms with Gasteiger partial charge in [-0.15, -0.1) is 4.52 Å². The predicted molar refractivity (Wildman–Crippen MR) is 106 cm³/mol. The summed E-state index contributed by atoms with van der Waals surface area (Å²) in [7, 11) is -2.26. The fraction of sp³-hybridized carbons (Fsp3) is 0.950. The molecule has 0 fully saturated rings. The summed E-state index contributed by atoms with van der Waals surface area (Å²) in [6.45, 7) is 3.90. The molecule has 4 nitrogen and oxygen atoms in total. The molecule has 0 aliphatic carbocycles. The average molecular weight is 400 g/mol. The number of carbonyl (C=O) groups excluding carboxylic acids is 1. The van der Waals surface area contributed by atoms with E-state index in [0.717, 1.165) is 12.8 Å². The first kappa shape index (κ1) is 28.7. The second-order valence-corrected chi connectivity index (χ2v) is 7.83. The van der Waals surface area contributed by atoms with E-state index in [-0.39, 0.29) is 31.0 Å². The zero-order chi connectivity index (χ0) is 18.6. The number of hydrogen-bond acceptors (Lipinski definition) is 4. The van der Waals surface area contributed by atoms with E-state index in [9.17, 15) is 9.36 Å². The Balaban J connectivity index is -0.00000288. The van der Waals surface area contributed by atoms with Gasteiger partial charge in [0.2, 0.25) is 0 Å². The summed E-state index contributed by atoms with van der Waals surface area (Å²) in [6, 6.07) is 0. The molecular weight excluding hydrogens is 358 g/mol. The first-order chi connectivity index (χ1) is 12.2. The number of unbranched alkanes of at least 4 members (excludes halogenated alkanes) is 15. The van der Waals surface area contributed by atoms with Gasteiger partial charge in [0, 0.05) is 11.5 Å². The van der Waals surface area contributed by atoms with Crippen molar-refractivity contribution in [3.63, 3.8) is 0 Å². The molecule has 0 N–H and O–H groups in total. The fourth-order valence-corrected chi connectivity index (χ4v) is 3.46. The van der Waals surface area contributed by atoms with Crippen LogP contribution in [0, 0.1) is 0 Å². The number of carbonyl (C=O) groups is 1. The first-order valence-corrected chi connectivity index (χ1v) is 11.5. The Hall–Kier alpha value is 0.530. The van der Waals surface area contributed by atoms with Crippen LogP contribution in [0.15, 0.2) is 0 Å². The van der Waals surface area contributed by atoms with Crippen LogP contribution in [-0.2, 0) is 18.4 Å². The van der Waals surface area contributed by atoms with E-state index in [4.69, 9.17) is 4.52 Å². The molecule has 6 heteroatoms. The summed E-state index contributed by atoms with van der Waals surface area (Å²) in [5.74, 6) is -0.562. The van der Waals surface area contributed by atoms with Crippen molar-refractivity contribution in [3.05, 3.63) is 0 Å². The van der Waals surface area contributed by atoms with Crippen molar-refractivity contribution in [2.45, 2.75) is 117 Å². The summed E-state index contributed by atoms with van der Waals surface area (Å²) in [6.07, 6.45) is 21.2. The molecule has 0 rings (SSSR count). The van der Waals surface area contributed by atoms with Crippen LogP contribution in [0.25, 0.3) is 0 Å². The molecule has 0 spiro atoms. The SMILES string of the molecule is CCCCCCCCCCCCCCCCCCO[P+](=O)OC(C)=O.[H-].[Na+]. The molecule has 0 bridgehead atoms. The molecule has 150 valence electrons. The molecular formula is C20H41NaO4P+. The van der Waals surface area contributed by atoms with Crippen LogP contribution in [0.5, 0.6) is 0 Å². The van der Waals surface area contributed by atoms with Gasteiger partial charge in [0.25, 0.3) is 0 Å². The van der Waals surface area contributed by atoms with Gasteiger partial charge in [-0.2, -0.15) is 4.52 Å². The van der Waals surface area contributed by atoms with Gasteiger partial charge in [-0.05, 0) is 6.42 Å². The number of hydrogen-bond donors (Lipinski definition) is 0. The molecule has 0 aliphatic rings. The van der Waals surface area contributed by atoms with E-state index >= 15 is 0 Å². The van der Waals surface area contributed by atoms with E-state index in [1.54, 1.807) is 0 Å². The van der Waals surface area contributed by atoms with Gasteiger partial charge in [0.15, 0.2) is 0 Å². The van der Waals surface area contributed by atoms with Crippen LogP contribution < -0.4 is 29.6 Å². The smallest absolute Gasteiger partial charge is 1.00 e. The standard InChI is InChI=1S/C20H40O4P.Na.H/c1-3-4-5-6-7-8-9-10-11-12-13-14-15-16-17-18-19-23-25(22)24-20(2)21;;/h3-19H2,1-2H3;;/q2*+1;-1. The van der Waals surface area contributed by atoms with Crippen molar-refractivity contribution in [1.82, 2.24) is 0 Å². The molecule has 1 atom stereocenters. The maximum absolute atomic E-state index is 11.1. The Morgan fingerprint density at radius 2 is 1.08 bits per heavy atom.